The summed E-state index contributed by atoms with van der Waals surface area (Å²) in [7, 11) is 0. The maximum absolute atomic E-state index is 13.7. The van der Waals surface area contributed by atoms with Gasteiger partial charge in [0.1, 0.15) is 5.82 Å². The van der Waals surface area contributed by atoms with Gasteiger partial charge in [-0.15, -0.1) is 0 Å². The molecular formula is C23H22F2N4O. The molecule has 7 heteroatoms. The molecule has 1 aliphatic carbocycles. The minimum Gasteiger partial charge on any atom is -0.352 e. The second-order valence-corrected chi connectivity index (χ2v) is 8.47. The van der Waals surface area contributed by atoms with Gasteiger partial charge in [-0.3, -0.25) is 4.79 Å². The summed E-state index contributed by atoms with van der Waals surface area (Å²) < 4.78 is 27.4. The van der Waals surface area contributed by atoms with Gasteiger partial charge in [0.05, 0.1) is 23.6 Å². The van der Waals surface area contributed by atoms with E-state index in [4.69, 9.17) is 0 Å². The quantitative estimate of drug-likeness (QED) is 0.775. The van der Waals surface area contributed by atoms with Gasteiger partial charge in [0.25, 0.3) is 11.8 Å². The summed E-state index contributed by atoms with van der Waals surface area (Å²) in [5.74, 6) is -2.50. The number of likely N-dealkylation sites (tertiary alicyclic amines) is 1. The highest BCUT2D eigenvalue weighted by Crippen LogP contribution is 2.56. The second kappa shape index (κ2) is 7.05. The zero-order chi connectivity index (χ0) is 20.9. The number of piperidine rings is 1. The predicted molar refractivity (Wildman–Crippen MR) is 107 cm³/mol. The molecule has 1 saturated carbocycles. The molecular weight excluding hydrogens is 386 g/mol. The lowest BCUT2D eigenvalue weighted by Gasteiger charge is -2.39. The predicted octanol–water partition coefficient (Wildman–Crippen LogP) is 3.82. The number of alkyl halides is 2. The maximum Gasteiger partial charge on any atom is 0.255 e. The van der Waals surface area contributed by atoms with Gasteiger partial charge in [-0.05, 0) is 42.5 Å². The van der Waals surface area contributed by atoms with Crippen LogP contribution in [-0.4, -0.2) is 47.4 Å². The van der Waals surface area contributed by atoms with Crippen molar-refractivity contribution in [2.24, 2.45) is 5.92 Å². The minimum absolute atomic E-state index is 0.124. The van der Waals surface area contributed by atoms with Gasteiger partial charge in [-0.1, -0.05) is 18.2 Å². The molecule has 2 aliphatic heterocycles. The number of rotatable bonds is 3. The lowest BCUT2D eigenvalue weighted by Crippen LogP contribution is -2.50. The number of benzene rings is 1. The molecule has 3 fully saturated rings. The SMILES string of the molecule is N#Cc1ccnc(N2CC[C@@H]3CCN(C(=O)c4ccccc4C4CC4(F)F)C[C@@H]32)c1. The molecule has 0 radical (unpaired) electrons. The molecule has 5 rings (SSSR count). The number of nitriles is 1. The topological polar surface area (TPSA) is 60.2 Å². The van der Waals surface area contributed by atoms with Crippen LogP contribution in [0.1, 0.15) is 46.7 Å². The van der Waals surface area contributed by atoms with Crippen LogP contribution in [0.5, 0.6) is 0 Å². The first-order valence-electron chi connectivity index (χ1n) is 10.4. The first kappa shape index (κ1) is 19.0. The van der Waals surface area contributed by atoms with Crippen LogP contribution in [0.15, 0.2) is 42.6 Å². The van der Waals surface area contributed by atoms with Crippen LogP contribution < -0.4 is 4.90 Å². The molecule has 0 N–H and O–H groups in total. The van der Waals surface area contributed by atoms with Gasteiger partial charge in [0, 0.05) is 37.8 Å². The Morgan fingerprint density at radius 3 is 2.73 bits per heavy atom. The van der Waals surface area contributed by atoms with E-state index >= 15 is 0 Å². The molecule has 2 saturated heterocycles. The van der Waals surface area contributed by atoms with E-state index in [1.165, 1.54) is 0 Å². The fourth-order valence-electron chi connectivity index (χ4n) is 4.97. The van der Waals surface area contributed by atoms with Crippen molar-refractivity contribution >= 4 is 11.7 Å². The summed E-state index contributed by atoms with van der Waals surface area (Å²) in [5, 5.41) is 9.19. The summed E-state index contributed by atoms with van der Waals surface area (Å²) >= 11 is 0. The molecule has 0 bridgehead atoms. The van der Waals surface area contributed by atoms with Gasteiger partial charge in [-0.2, -0.15) is 5.26 Å². The Hall–Kier alpha value is -3.01. The molecule has 0 spiro atoms. The molecule has 1 unspecified atom stereocenters. The van der Waals surface area contributed by atoms with Crippen LogP contribution in [0.25, 0.3) is 0 Å². The van der Waals surface area contributed by atoms with E-state index < -0.39 is 11.8 Å². The first-order valence-corrected chi connectivity index (χ1v) is 10.4. The smallest absolute Gasteiger partial charge is 0.255 e. The van der Waals surface area contributed by atoms with Crippen molar-refractivity contribution in [1.82, 2.24) is 9.88 Å². The third-order valence-corrected chi connectivity index (χ3v) is 6.71. The summed E-state index contributed by atoms with van der Waals surface area (Å²) in [6.07, 6.45) is 3.36. The van der Waals surface area contributed by atoms with E-state index in [2.05, 4.69) is 16.0 Å². The Kier molecular flexibility index (Phi) is 4.46. The van der Waals surface area contributed by atoms with Gasteiger partial charge in [0.2, 0.25) is 0 Å². The van der Waals surface area contributed by atoms with Crippen LogP contribution in [-0.2, 0) is 0 Å². The number of aromatic nitrogens is 1. The lowest BCUT2D eigenvalue weighted by molar-refractivity contribution is 0.0676. The highest BCUT2D eigenvalue weighted by atomic mass is 19.3. The van der Waals surface area contributed by atoms with Crippen LogP contribution in [0.2, 0.25) is 0 Å². The first-order chi connectivity index (χ1) is 14.5. The fourth-order valence-corrected chi connectivity index (χ4v) is 4.97. The second-order valence-electron chi connectivity index (χ2n) is 8.47. The van der Waals surface area contributed by atoms with Crippen LogP contribution in [0.3, 0.4) is 0 Å². The maximum atomic E-state index is 13.7. The van der Waals surface area contributed by atoms with Crippen molar-refractivity contribution < 1.29 is 13.6 Å². The lowest BCUT2D eigenvalue weighted by atomic mass is 9.91. The number of fused-ring (bicyclic) bond motifs is 1. The summed E-state index contributed by atoms with van der Waals surface area (Å²) in [5.41, 5.74) is 1.42. The van der Waals surface area contributed by atoms with Crippen molar-refractivity contribution in [3.8, 4) is 6.07 Å². The van der Waals surface area contributed by atoms with Gasteiger partial charge >= 0.3 is 0 Å². The van der Waals surface area contributed by atoms with Crippen molar-refractivity contribution in [2.45, 2.75) is 37.1 Å². The molecule has 1 aromatic heterocycles. The molecule has 30 heavy (non-hydrogen) atoms. The molecule has 1 aromatic carbocycles. The van der Waals surface area contributed by atoms with Crippen molar-refractivity contribution in [2.75, 3.05) is 24.5 Å². The van der Waals surface area contributed by atoms with E-state index in [1.54, 1.807) is 47.5 Å². The van der Waals surface area contributed by atoms with E-state index in [-0.39, 0.29) is 18.4 Å². The van der Waals surface area contributed by atoms with E-state index in [9.17, 15) is 18.8 Å². The number of anilines is 1. The number of nitrogens with zero attached hydrogens (tertiary/aromatic N) is 4. The Labute approximate surface area is 173 Å². The molecule has 3 heterocycles. The zero-order valence-electron chi connectivity index (χ0n) is 16.5. The van der Waals surface area contributed by atoms with Crippen LogP contribution in [0.4, 0.5) is 14.6 Å². The number of amides is 1. The van der Waals surface area contributed by atoms with Gasteiger partial charge in [0.15, 0.2) is 0 Å². The highest BCUT2D eigenvalue weighted by Gasteiger charge is 2.58. The normalized spacial score (nSPS) is 26.8. The molecule has 1 amide bonds. The van der Waals surface area contributed by atoms with Gasteiger partial charge < -0.3 is 9.80 Å². The Balaban J connectivity index is 1.38. The average Bonchev–Trinajstić information content (AvgIpc) is 3.21. The molecule has 154 valence electrons. The number of hydrogen-bond acceptors (Lipinski definition) is 4. The van der Waals surface area contributed by atoms with E-state index in [0.29, 0.717) is 35.7 Å². The van der Waals surface area contributed by atoms with Crippen LogP contribution >= 0.6 is 0 Å². The third kappa shape index (κ3) is 3.20. The number of carbonyl (C=O) groups is 1. The van der Waals surface area contributed by atoms with Gasteiger partial charge in [-0.25, -0.2) is 13.8 Å². The van der Waals surface area contributed by atoms with Crippen molar-refractivity contribution in [1.29, 1.82) is 5.26 Å². The Morgan fingerprint density at radius 2 is 1.97 bits per heavy atom. The van der Waals surface area contributed by atoms with Crippen molar-refractivity contribution in [3.05, 3.63) is 59.3 Å². The number of halogens is 2. The van der Waals surface area contributed by atoms with Crippen molar-refractivity contribution in [3.63, 3.8) is 0 Å². The van der Waals surface area contributed by atoms with E-state index in [1.807, 2.05) is 0 Å². The molecule has 3 aliphatic rings. The average molecular weight is 408 g/mol. The highest BCUT2D eigenvalue weighted by molar-refractivity contribution is 5.96. The standard InChI is InChI=1S/C23H22F2N4O/c24-23(25)12-19(23)17-3-1-2-4-18(17)22(30)28-9-6-16-7-10-29(20(16)14-28)21-11-15(13-26)5-8-27-21/h1-5,8,11,16,19-20H,6-7,9-10,12,14H2/t16-,19?,20-/m0/s1. The molecule has 5 nitrogen and oxygen atoms in total. The number of hydrogen-bond donors (Lipinski definition) is 0. The van der Waals surface area contributed by atoms with Crippen LogP contribution in [0, 0.1) is 17.2 Å². The molecule has 2 aromatic rings. The number of carbonyl (C=O) groups excluding carboxylic acids is 1. The molecule has 3 atom stereocenters. The largest absolute Gasteiger partial charge is 0.352 e. The summed E-state index contributed by atoms with van der Waals surface area (Å²) in [6, 6.07) is 12.5. The third-order valence-electron chi connectivity index (χ3n) is 6.71. The Morgan fingerprint density at radius 1 is 1.20 bits per heavy atom. The summed E-state index contributed by atoms with van der Waals surface area (Å²) in [4.78, 5) is 21.7. The minimum atomic E-state index is -2.71. The fraction of sp³-hybridized carbons (Fsp3) is 0.435. The number of pyridine rings is 1. The monoisotopic (exact) mass is 408 g/mol. The summed E-state index contributed by atoms with van der Waals surface area (Å²) in [6.45, 7) is 2.01. The Bertz CT molecular complexity index is 1030. The van der Waals surface area contributed by atoms with E-state index in [0.717, 1.165) is 25.2 Å². The zero-order valence-corrected chi connectivity index (χ0v) is 16.5.